The van der Waals surface area contributed by atoms with Crippen LogP contribution in [0.2, 0.25) is 0 Å². The molecular weight excluding hydrogens is 397 g/mol. The van der Waals surface area contributed by atoms with E-state index in [1.54, 1.807) is 12.1 Å². The lowest BCUT2D eigenvalue weighted by Crippen LogP contribution is -2.17. The second kappa shape index (κ2) is 8.55. The molecule has 0 bridgehead atoms. The van der Waals surface area contributed by atoms with Crippen LogP contribution in [0, 0.1) is 12.7 Å². The van der Waals surface area contributed by atoms with Gasteiger partial charge in [0.1, 0.15) is 5.82 Å². The zero-order valence-corrected chi connectivity index (χ0v) is 17.1. The van der Waals surface area contributed by atoms with E-state index >= 15 is 0 Å². The lowest BCUT2D eigenvalue weighted by atomic mass is 10.2. The fourth-order valence-electron chi connectivity index (χ4n) is 3.15. The first-order chi connectivity index (χ1) is 13.6. The van der Waals surface area contributed by atoms with Crippen LogP contribution in [-0.4, -0.2) is 39.0 Å². The smallest absolute Gasteiger partial charge is 0.192 e. The van der Waals surface area contributed by atoms with Crippen molar-refractivity contribution in [3.8, 4) is 11.4 Å². The van der Waals surface area contributed by atoms with E-state index in [4.69, 9.17) is 4.74 Å². The van der Waals surface area contributed by atoms with Gasteiger partial charge in [0.05, 0.1) is 23.3 Å². The maximum atomic E-state index is 13.3. The first-order valence-corrected chi connectivity index (χ1v) is 10.9. The third-order valence-corrected chi connectivity index (χ3v) is 6.59. The van der Waals surface area contributed by atoms with Crippen LogP contribution in [0.15, 0.2) is 41.6 Å². The maximum absolute atomic E-state index is 13.3. The number of nitrogens with zero attached hydrogens (tertiary/aromatic N) is 3. The minimum Gasteiger partial charge on any atom is -0.376 e. The molecule has 0 amide bonds. The lowest BCUT2D eigenvalue weighted by molar-refractivity contribution is 0.0953. The minimum absolute atomic E-state index is 0.0816. The van der Waals surface area contributed by atoms with Gasteiger partial charge in [0.15, 0.2) is 16.8 Å². The Labute approximate surface area is 170 Å². The molecule has 1 aromatic carbocycles. The summed E-state index contributed by atoms with van der Waals surface area (Å²) in [4.78, 5) is 14.3. The molecule has 5 nitrogen and oxygen atoms in total. The van der Waals surface area contributed by atoms with Crippen molar-refractivity contribution in [2.45, 2.75) is 37.6 Å². The molecule has 8 heteroatoms. The average Bonchev–Trinajstić information content (AvgIpc) is 3.43. The number of thiophene rings is 1. The number of aryl methyl sites for hydroxylation is 1. The van der Waals surface area contributed by atoms with Crippen molar-refractivity contribution >= 4 is 28.9 Å². The first-order valence-electron chi connectivity index (χ1n) is 9.13. The Hall–Kier alpha value is -2.03. The standard InChI is InChI=1S/C20H20FN3O2S2/c1-13-4-9-18(28-13)17(25)12-27-20-23-22-19(14-5-7-15(21)8-6-14)24(20)11-16-3-2-10-26-16/h4-9,16H,2-3,10-12H2,1H3. The van der Waals surface area contributed by atoms with Crippen LogP contribution >= 0.6 is 23.1 Å². The van der Waals surface area contributed by atoms with E-state index in [0.29, 0.717) is 23.3 Å². The Kier molecular flexibility index (Phi) is 5.89. The van der Waals surface area contributed by atoms with Gasteiger partial charge in [-0.2, -0.15) is 0 Å². The van der Waals surface area contributed by atoms with E-state index in [9.17, 15) is 9.18 Å². The molecule has 0 saturated carbocycles. The Morgan fingerprint density at radius 1 is 1.29 bits per heavy atom. The highest BCUT2D eigenvalue weighted by molar-refractivity contribution is 7.99. The number of ketones is 1. The quantitative estimate of drug-likeness (QED) is 0.415. The highest BCUT2D eigenvalue weighted by Crippen LogP contribution is 2.28. The van der Waals surface area contributed by atoms with Gasteiger partial charge in [-0.15, -0.1) is 21.5 Å². The van der Waals surface area contributed by atoms with Gasteiger partial charge >= 0.3 is 0 Å². The number of rotatable bonds is 7. The Balaban J connectivity index is 1.56. The minimum atomic E-state index is -0.291. The Bertz CT molecular complexity index is 962. The summed E-state index contributed by atoms with van der Waals surface area (Å²) in [6.07, 6.45) is 2.13. The van der Waals surface area contributed by atoms with Crippen LogP contribution in [0.3, 0.4) is 0 Å². The summed E-state index contributed by atoms with van der Waals surface area (Å²) in [5, 5.41) is 9.30. The number of hydrogen-bond donors (Lipinski definition) is 0. The molecular formula is C20H20FN3O2S2. The third kappa shape index (κ3) is 4.34. The molecule has 1 fully saturated rings. The van der Waals surface area contributed by atoms with E-state index in [2.05, 4.69) is 10.2 Å². The van der Waals surface area contributed by atoms with E-state index < -0.39 is 0 Å². The molecule has 1 unspecified atom stereocenters. The number of aromatic nitrogens is 3. The van der Waals surface area contributed by atoms with E-state index in [0.717, 1.165) is 34.8 Å². The number of benzene rings is 1. The number of hydrogen-bond acceptors (Lipinski definition) is 6. The molecule has 0 spiro atoms. The summed E-state index contributed by atoms with van der Waals surface area (Å²) in [5.41, 5.74) is 0.791. The van der Waals surface area contributed by atoms with E-state index in [-0.39, 0.29) is 17.7 Å². The van der Waals surface area contributed by atoms with Gasteiger partial charge in [0.2, 0.25) is 0 Å². The normalized spacial score (nSPS) is 16.6. The molecule has 28 heavy (non-hydrogen) atoms. The van der Waals surface area contributed by atoms with Gasteiger partial charge in [-0.1, -0.05) is 11.8 Å². The predicted octanol–water partition coefficient (Wildman–Crippen LogP) is 4.61. The summed E-state index contributed by atoms with van der Waals surface area (Å²) in [6.45, 7) is 3.37. The topological polar surface area (TPSA) is 57.0 Å². The highest BCUT2D eigenvalue weighted by atomic mass is 32.2. The molecule has 1 saturated heterocycles. The lowest BCUT2D eigenvalue weighted by Gasteiger charge is -2.14. The number of carbonyl (C=O) groups is 1. The van der Waals surface area contributed by atoms with Crippen LogP contribution in [0.5, 0.6) is 0 Å². The average molecular weight is 418 g/mol. The van der Waals surface area contributed by atoms with E-state index in [1.807, 2.05) is 23.6 Å². The zero-order chi connectivity index (χ0) is 19.5. The predicted molar refractivity (Wildman–Crippen MR) is 109 cm³/mol. The van der Waals surface area contributed by atoms with Crippen molar-refractivity contribution in [2.24, 2.45) is 0 Å². The van der Waals surface area contributed by atoms with Crippen molar-refractivity contribution in [1.29, 1.82) is 0 Å². The van der Waals surface area contributed by atoms with Gasteiger partial charge < -0.3 is 4.74 Å². The van der Waals surface area contributed by atoms with Gasteiger partial charge in [-0.05, 0) is 56.2 Å². The van der Waals surface area contributed by atoms with Crippen molar-refractivity contribution in [3.05, 3.63) is 52.0 Å². The fourth-order valence-corrected chi connectivity index (χ4v) is 4.88. The Morgan fingerprint density at radius 2 is 2.11 bits per heavy atom. The van der Waals surface area contributed by atoms with Gasteiger partial charge in [0.25, 0.3) is 0 Å². The monoisotopic (exact) mass is 417 g/mol. The molecule has 4 rings (SSSR count). The summed E-state index contributed by atoms with van der Waals surface area (Å²) >= 11 is 2.88. The number of thioether (sulfide) groups is 1. The van der Waals surface area contributed by atoms with Crippen LogP contribution in [0.1, 0.15) is 27.4 Å². The third-order valence-electron chi connectivity index (χ3n) is 4.58. The summed E-state index contributed by atoms with van der Waals surface area (Å²) in [6, 6.07) is 10.0. The highest BCUT2D eigenvalue weighted by Gasteiger charge is 2.22. The van der Waals surface area contributed by atoms with Crippen molar-refractivity contribution < 1.29 is 13.9 Å². The fraction of sp³-hybridized carbons (Fsp3) is 0.350. The molecule has 2 aromatic heterocycles. The number of halogens is 1. The van der Waals surface area contributed by atoms with Gasteiger partial charge in [0, 0.05) is 17.0 Å². The van der Waals surface area contributed by atoms with Crippen LogP contribution in [-0.2, 0) is 11.3 Å². The number of carbonyl (C=O) groups excluding carboxylic acids is 1. The molecule has 0 aliphatic carbocycles. The molecule has 3 heterocycles. The summed E-state index contributed by atoms with van der Waals surface area (Å²) in [7, 11) is 0. The van der Waals surface area contributed by atoms with Crippen LogP contribution in [0.4, 0.5) is 4.39 Å². The van der Waals surface area contributed by atoms with Crippen LogP contribution < -0.4 is 0 Å². The van der Waals surface area contributed by atoms with Crippen molar-refractivity contribution in [1.82, 2.24) is 14.8 Å². The second-order valence-corrected chi connectivity index (χ2v) is 8.91. The zero-order valence-electron chi connectivity index (χ0n) is 15.4. The SMILES string of the molecule is Cc1ccc(C(=O)CSc2nnc(-c3ccc(F)cc3)n2CC2CCCO2)s1. The number of Topliss-reactive ketones (excluding diaryl/α,β-unsaturated/α-hetero) is 1. The molecule has 1 aliphatic heterocycles. The Morgan fingerprint density at radius 3 is 2.79 bits per heavy atom. The van der Waals surface area contributed by atoms with Crippen molar-refractivity contribution in [2.75, 3.05) is 12.4 Å². The molecule has 1 atom stereocenters. The molecule has 0 N–H and O–H groups in total. The number of ether oxygens (including phenoxy) is 1. The summed E-state index contributed by atoms with van der Waals surface area (Å²) in [5.74, 6) is 0.753. The molecule has 3 aromatic rings. The first kappa shape index (κ1) is 19.3. The summed E-state index contributed by atoms with van der Waals surface area (Å²) < 4.78 is 21.1. The van der Waals surface area contributed by atoms with Crippen molar-refractivity contribution in [3.63, 3.8) is 0 Å². The van der Waals surface area contributed by atoms with Gasteiger partial charge in [-0.3, -0.25) is 9.36 Å². The van der Waals surface area contributed by atoms with E-state index in [1.165, 1.54) is 35.2 Å². The van der Waals surface area contributed by atoms with Crippen LogP contribution in [0.25, 0.3) is 11.4 Å². The van der Waals surface area contributed by atoms with Gasteiger partial charge in [-0.25, -0.2) is 4.39 Å². The second-order valence-electron chi connectivity index (χ2n) is 6.68. The maximum Gasteiger partial charge on any atom is 0.192 e. The largest absolute Gasteiger partial charge is 0.376 e. The molecule has 1 aliphatic rings. The molecule has 146 valence electrons. The molecule has 0 radical (unpaired) electrons.